The number of hydrogen-bond donors (Lipinski definition) is 0. The van der Waals surface area contributed by atoms with Gasteiger partial charge in [0.25, 0.3) is 0 Å². The molecule has 0 saturated heterocycles. The van der Waals surface area contributed by atoms with Gasteiger partial charge in [-0.15, -0.1) is 4.85 Å². The van der Waals surface area contributed by atoms with E-state index in [9.17, 15) is 5.21 Å². The standard InChI is InChI=1S/C18H22N4O2/c1-3-20(4-2)13-14-24-16-11-9-15(10-12-16)21-19-17-7-5-6-8-18(17)22(21)23/h5-12H,3-4,13-14H2,1-2H3. The van der Waals surface area contributed by atoms with Crippen LogP contribution in [0.1, 0.15) is 13.8 Å². The maximum atomic E-state index is 12.3. The second-order valence-corrected chi connectivity index (χ2v) is 5.52. The lowest BCUT2D eigenvalue weighted by atomic mass is 10.3. The van der Waals surface area contributed by atoms with Gasteiger partial charge in [0.15, 0.2) is 0 Å². The molecular weight excluding hydrogens is 304 g/mol. The summed E-state index contributed by atoms with van der Waals surface area (Å²) < 4.78 is 5.76. The van der Waals surface area contributed by atoms with Gasteiger partial charge in [-0.2, -0.15) is 0 Å². The van der Waals surface area contributed by atoms with E-state index in [1.807, 2.05) is 42.5 Å². The first-order chi connectivity index (χ1) is 11.7. The molecule has 0 aliphatic rings. The average molecular weight is 326 g/mol. The molecule has 24 heavy (non-hydrogen) atoms. The summed E-state index contributed by atoms with van der Waals surface area (Å²) in [6.07, 6.45) is 0. The highest BCUT2D eigenvalue weighted by Gasteiger charge is 2.15. The summed E-state index contributed by atoms with van der Waals surface area (Å²) in [5, 5.41) is 16.6. The van der Waals surface area contributed by atoms with Gasteiger partial charge in [0.05, 0.1) is 5.10 Å². The quantitative estimate of drug-likeness (QED) is 0.494. The zero-order valence-corrected chi connectivity index (χ0v) is 14.1. The first-order valence-corrected chi connectivity index (χ1v) is 8.26. The van der Waals surface area contributed by atoms with Gasteiger partial charge in [-0.1, -0.05) is 26.0 Å². The Morgan fingerprint density at radius 3 is 2.46 bits per heavy atom. The van der Waals surface area contributed by atoms with Crippen molar-refractivity contribution in [3.05, 3.63) is 53.7 Å². The van der Waals surface area contributed by atoms with Crippen LogP contribution in [0.5, 0.6) is 5.75 Å². The predicted molar refractivity (Wildman–Crippen MR) is 93.3 cm³/mol. The number of hydrogen-bond acceptors (Lipinski definition) is 4. The van der Waals surface area contributed by atoms with Crippen molar-refractivity contribution in [2.24, 2.45) is 0 Å². The fourth-order valence-corrected chi connectivity index (χ4v) is 2.63. The largest absolute Gasteiger partial charge is 0.692 e. The molecule has 3 aromatic rings. The smallest absolute Gasteiger partial charge is 0.250 e. The summed E-state index contributed by atoms with van der Waals surface area (Å²) in [6, 6.07) is 14.7. The highest BCUT2D eigenvalue weighted by molar-refractivity contribution is 5.70. The van der Waals surface area contributed by atoms with Gasteiger partial charge in [0.1, 0.15) is 18.0 Å². The molecule has 0 fully saturated rings. The lowest BCUT2D eigenvalue weighted by Crippen LogP contribution is -2.37. The van der Waals surface area contributed by atoms with Crippen molar-refractivity contribution in [3.8, 4) is 11.4 Å². The SMILES string of the molecule is CCN(CC)CCOc1ccc(-n2nc3ccccc3[n+]2[O-])cc1. The van der Waals surface area contributed by atoms with Crippen molar-refractivity contribution >= 4 is 11.0 Å². The zero-order valence-electron chi connectivity index (χ0n) is 14.1. The Bertz CT molecular complexity index is 794. The molecule has 0 aliphatic heterocycles. The second-order valence-electron chi connectivity index (χ2n) is 5.52. The predicted octanol–water partition coefficient (Wildman–Crippen LogP) is 2.38. The van der Waals surface area contributed by atoms with Gasteiger partial charge in [-0.05, 0) is 54.3 Å². The zero-order chi connectivity index (χ0) is 16.9. The minimum absolute atomic E-state index is 0.553. The molecule has 1 heterocycles. The summed E-state index contributed by atoms with van der Waals surface area (Å²) in [6.45, 7) is 7.88. The van der Waals surface area contributed by atoms with Gasteiger partial charge in [-0.25, -0.2) is 0 Å². The third kappa shape index (κ3) is 3.33. The van der Waals surface area contributed by atoms with E-state index in [1.54, 1.807) is 6.07 Å². The Morgan fingerprint density at radius 1 is 1.08 bits per heavy atom. The van der Waals surface area contributed by atoms with E-state index in [2.05, 4.69) is 23.8 Å². The lowest BCUT2D eigenvalue weighted by Gasteiger charge is -2.18. The van der Waals surface area contributed by atoms with Crippen LogP contribution in [0.3, 0.4) is 0 Å². The number of likely N-dealkylation sites (N-methyl/N-ethyl adjacent to an activating group) is 1. The first-order valence-electron chi connectivity index (χ1n) is 8.26. The highest BCUT2D eigenvalue weighted by Crippen LogP contribution is 2.15. The Balaban J connectivity index is 1.71. The van der Waals surface area contributed by atoms with Crippen LogP contribution in [0.25, 0.3) is 16.7 Å². The van der Waals surface area contributed by atoms with Crippen molar-refractivity contribution in [3.63, 3.8) is 0 Å². The Labute approximate surface area is 141 Å². The number of benzene rings is 2. The summed E-state index contributed by atoms with van der Waals surface area (Å²) in [5.41, 5.74) is 1.93. The number of para-hydroxylation sites is 1. The molecule has 0 aliphatic carbocycles. The molecule has 0 bridgehead atoms. The molecule has 0 N–H and O–H groups in total. The summed E-state index contributed by atoms with van der Waals surface area (Å²) in [5.74, 6) is 0.792. The summed E-state index contributed by atoms with van der Waals surface area (Å²) in [4.78, 5) is 4.46. The van der Waals surface area contributed by atoms with Crippen LogP contribution >= 0.6 is 0 Å². The second kappa shape index (κ2) is 7.31. The minimum Gasteiger partial charge on any atom is -0.692 e. The third-order valence-corrected chi connectivity index (χ3v) is 4.10. The van der Waals surface area contributed by atoms with Gasteiger partial charge >= 0.3 is 0 Å². The van der Waals surface area contributed by atoms with Crippen LogP contribution in [0.15, 0.2) is 48.5 Å². The first kappa shape index (κ1) is 16.3. The van der Waals surface area contributed by atoms with Crippen molar-refractivity contribution < 1.29 is 9.58 Å². The maximum absolute atomic E-state index is 12.3. The number of nitrogens with zero attached hydrogens (tertiary/aromatic N) is 4. The van der Waals surface area contributed by atoms with E-state index in [1.165, 1.54) is 4.80 Å². The molecule has 0 spiro atoms. The van der Waals surface area contributed by atoms with E-state index >= 15 is 0 Å². The minimum atomic E-state index is 0.553. The van der Waals surface area contributed by atoms with Gasteiger partial charge in [0, 0.05) is 6.54 Å². The number of ether oxygens (including phenoxy) is 1. The molecule has 0 unspecified atom stereocenters. The Hall–Kier alpha value is -2.60. The molecule has 3 rings (SSSR count). The van der Waals surface area contributed by atoms with Crippen LogP contribution in [0.2, 0.25) is 0 Å². The number of rotatable bonds is 7. The molecule has 0 radical (unpaired) electrons. The van der Waals surface area contributed by atoms with Crippen molar-refractivity contribution in [1.29, 1.82) is 0 Å². The molecule has 0 atom stereocenters. The summed E-state index contributed by atoms with van der Waals surface area (Å²) >= 11 is 0. The van der Waals surface area contributed by atoms with Gasteiger partial charge in [0.2, 0.25) is 11.0 Å². The van der Waals surface area contributed by atoms with Gasteiger partial charge < -0.3 is 14.8 Å². The highest BCUT2D eigenvalue weighted by atomic mass is 16.5. The van der Waals surface area contributed by atoms with Crippen molar-refractivity contribution in [2.75, 3.05) is 26.2 Å². The van der Waals surface area contributed by atoms with E-state index < -0.39 is 0 Å². The monoisotopic (exact) mass is 326 g/mol. The van der Waals surface area contributed by atoms with E-state index in [-0.39, 0.29) is 0 Å². The van der Waals surface area contributed by atoms with E-state index in [0.29, 0.717) is 23.3 Å². The maximum Gasteiger partial charge on any atom is 0.250 e. The topological polar surface area (TPSA) is 57.2 Å². The average Bonchev–Trinajstić information content (AvgIpc) is 2.96. The fourth-order valence-electron chi connectivity index (χ4n) is 2.63. The van der Waals surface area contributed by atoms with Crippen LogP contribution < -0.4 is 9.58 Å². The molecule has 0 saturated carbocycles. The lowest BCUT2D eigenvalue weighted by molar-refractivity contribution is -0.664. The van der Waals surface area contributed by atoms with Crippen LogP contribution in [0.4, 0.5) is 0 Å². The molecule has 0 amide bonds. The fraction of sp³-hybridized carbons (Fsp3) is 0.333. The molecule has 1 aromatic heterocycles. The molecular formula is C18H22N4O2. The molecule has 6 heteroatoms. The molecule has 126 valence electrons. The van der Waals surface area contributed by atoms with Crippen LogP contribution in [-0.4, -0.2) is 41.0 Å². The van der Waals surface area contributed by atoms with Crippen LogP contribution in [0, 0.1) is 5.21 Å². The van der Waals surface area contributed by atoms with Crippen LogP contribution in [-0.2, 0) is 0 Å². The van der Waals surface area contributed by atoms with Crippen molar-refractivity contribution in [1.82, 2.24) is 14.8 Å². The van der Waals surface area contributed by atoms with E-state index in [4.69, 9.17) is 4.74 Å². The number of fused-ring (bicyclic) bond motifs is 1. The normalized spacial score (nSPS) is 11.3. The molecule has 2 aromatic carbocycles. The molecule has 6 nitrogen and oxygen atoms in total. The van der Waals surface area contributed by atoms with Gasteiger partial charge in [-0.3, -0.25) is 0 Å². The van der Waals surface area contributed by atoms with Crippen molar-refractivity contribution in [2.45, 2.75) is 13.8 Å². The Kier molecular flexibility index (Phi) is 4.96. The Morgan fingerprint density at radius 2 is 1.79 bits per heavy atom. The van der Waals surface area contributed by atoms with E-state index in [0.717, 1.165) is 30.2 Å². The summed E-state index contributed by atoms with van der Waals surface area (Å²) in [7, 11) is 0. The third-order valence-electron chi connectivity index (χ3n) is 4.10. The number of aromatic nitrogens is 3.